The SMILES string of the molecule is C=CCCCCC1(O)CC2CCC(C1)N2. The zero-order chi connectivity index (χ0) is 10.7. The van der Waals surface area contributed by atoms with Crippen LogP contribution in [-0.4, -0.2) is 22.8 Å². The Labute approximate surface area is 92.8 Å². The summed E-state index contributed by atoms with van der Waals surface area (Å²) in [6, 6.07) is 1.18. The Morgan fingerprint density at radius 3 is 2.53 bits per heavy atom. The van der Waals surface area contributed by atoms with Crippen molar-refractivity contribution < 1.29 is 5.11 Å². The van der Waals surface area contributed by atoms with Crippen molar-refractivity contribution in [1.82, 2.24) is 5.32 Å². The molecule has 2 saturated heterocycles. The van der Waals surface area contributed by atoms with E-state index in [2.05, 4.69) is 11.9 Å². The van der Waals surface area contributed by atoms with Gasteiger partial charge in [-0.25, -0.2) is 0 Å². The van der Waals surface area contributed by atoms with Gasteiger partial charge < -0.3 is 10.4 Å². The molecule has 2 N–H and O–H groups in total. The van der Waals surface area contributed by atoms with Crippen LogP contribution in [0.15, 0.2) is 12.7 Å². The third-order valence-electron chi connectivity index (χ3n) is 3.89. The lowest BCUT2D eigenvalue weighted by atomic mass is 9.83. The van der Waals surface area contributed by atoms with Crippen molar-refractivity contribution in [2.75, 3.05) is 0 Å². The Bertz CT molecular complexity index is 215. The van der Waals surface area contributed by atoms with Crippen LogP contribution in [0, 0.1) is 0 Å². The third-order valence-corrected chi connectivity index (χ3v) is 3.89. The smallest absolute Gasteiger partial charge is 0.0677 e. The molecule has 2 atom stereocenters. The van der Waals surface area contributed by atoms with Crippen LogP contribution in [0.4, 0.5) is 0 Å². The number of aliphatic hydroxyl groups is 1. The maximum atomic E-state index is 10.5. The molecule has 15 heavy (non-hydrogen) atoms. The van der Waals surface area contributed by atoms with Crippen LogP contribution in [-0.2, 0) is 0 Å². The second kappa shape index (κ2) is 4.67. The molecule has 0 aromatic rings. The summed E-state index contributed by atoms with van der Waals surface area (Å²) >= 11 is 0. The van der Waals surface area contributed by atoms with Crippen LogP contribution in [0.5, 0.6) is 0 Å². The summed E-state index contributed by atoms with van der Waals surface area (Å²) in [5, 5.41) is 14.1. The molecule has 86 valence electrons. The molecule has 2 aliphatic heterocycles. The van der Waals surface area contributed by atoms with Crippen LogP contribution in [0.3, 0.4) is 0 Å². The fourth-order valence-electron chi connectivity index (χ4n) is 3.17. The van der Waals surface area contributed by atoms with Gasteiger partial charge in [0.05, 0.1) is 5.60 Å². The molecule has 2 aliphatic rings. The van der Waals surface area contributed by atoms with Gasteiger partial charge in [-0.3, -0.25) is 0 Å². The lowest BCUT2D eigenvalue weighted by Crippen LogP contribution is -2.48. The van der Waals surface area contributed by atoms with Gasteiger partial charge in [0.1, 0.15) is 0 Å². The van der Waals surface area contributed by atoms with E-state index in [1.54, 1.807) is 0 Å². The maximum absolute atomic E-state index is 10.5. The topological polar surface area (TPSA) is 32.3 Å². The average Bonchev–Trinajstić information content (AvgIpc) is 2.54. The number of piperidine rings is 1. The second-order valence-corrected chi connectivity index (χ2v) is 5.30. The first-order valence-corrected chi connectivity index (χ1v) is 6.31. The number of allylic oxidation sites excluding steroid dienone is 1. The van der Waals surface area contributed by atoms with E-state index in [4.69, 9.17) is 0 Å². The predicted molar refractivity (Wildman–Crippen MR) is 62.8 cm³/mol. The predicted octanol–water partition coefficient (Wildman–Crippen LogP) is 2.38. The van der Waals surface area contributed by atoms with E-state index in [1.807, 2.05) is 6.08 Å². The van der Waals surface area contributed by atoms with Gasteiger partial charge in [-0.15, -0.1) is 6.58 Å². The van der Waals surface area contributed by atoms with E-state index in [-0.39, 0.29) is 5.60 Å². The molecule has 0 aromatic heterocycles. The molecule has 0 saturated carbocycles. The lowest BCUT2D eigenvalue weighted by Gasteiger charge is -2.37. The van der Waals surface area contributed by atoms with Crippen LogP contribution in [0.2, 0.25) is 0 Å². The molecule has 2 heterocycles. The van der Waals surface area contributed by atoms with Gasteiger partial charge in [-0.05, 0) is 44.9 Å². The van der Waals surface area contributed by atoms with E-state index in [9.17, 15) is 5.11 Å². The minimum absolute atomic E-state index is 0.363. The molecule has 2 unspecified atom stereocenters. The first-order valence-electron chi connectivity index (χ1n) is 6.31. The molecule has 2 fully saturated rings. The minimum Gasteiger partial charge on any atom is -0.390 e. The van der Waals surface area contributed by atoms with Gasteiger partial charge >= 0.3 is 0 Å². The number of hydrogen-bond acceptors (Lipinski definition) is 2. The number of unbranched alkanes of at least 4 members (excludes halogenated alkanes) is 2. The Morgan fingerprint density at radius 2 is 1.93 bits per heavy atom. The summed E-state index contributed by atoms with van der Waals surface area (Å²) in [4.78, 5) is 0. The van der Waals surface area contributed by atoms with Crippen molar-refractivity contribution in [3.63, 3.8) is 0 Å². The van der Waals surface area contributed by atoms with Crippen LogP contribution >= 0.6 is 0 Å². The van der Waals surface area contributed by atoms with E-state index in [0.29, 0.717) is 12.1 Å². The molecular formula is C13H23NO. The molecule has 0 aromatic carbocycles. The summed E-state index contributed by atoms with van der Waals surface area (Å²) in [6.45, 7) is 3.72. The second-order valence-electron chi connectivity index (χ2n) is 5.30. The van der Waals surface area contributed by atoms with Gasteiger partial charge in [-0.1, -0.05) is 12.5 Å². The first kappa shape index (κ1) is 11.2. The van der Waals surface area contributed by atoms with Crippen molar-refractivity contribution in [3.8, 4) is 0 Å². The highest BCUT2D eigenvalue weighted by molar-refractivity contribution is 4.99. The van der Waals surface area contributed by atoms with Crippen molar-refractivity contribution in [2.45, 2.75) is 69.1 Å². The highest BCUT2D eigenvalue weighted by atomic mass is 16.3. The zero-order valence-electron chi connectivity index (χ0n) is 9.54. The molecule has 0 amide bonds. The van der Waals surface area contributed by atoms with Crippen LogP contribution < -0.4 is 5.32 Å². The van der Waals surface area contributed by atoms with Crippen LogP contribution in [0.25, 0.3) is 0 Å². The minimum atomic E-state index is -0.363. The standard InChI is InChI=1S/C13H23NO/c1-2-3-4-5-8-13(15)9-11-6-7-12(10-13)14-11/h2,11-12,14-15H,1,3-10H2. The summed E-state index contributed by atoms with van der Waals surface area (Å²) in [5.41, 5.74) is -0.363. The number of hydrogen-bond donors (Lipinski definition) is 2. The normalized spacial score (nSPS) is 39.3. The Balaban J connectivity index is 1.77. The maximum Gasteiger partial charge on any atom is 0.0677 e. The number of rotatable bonds is 5. The molecular weight excluding hydrogens is 186 g/mol. The Kier molecular flexibility index (Phi) is 3.47. The zero-order valence-corrected chi connectivity index (χ0v) is 9.54. The van der Waals surface area contributed by atoms with E-state index in [1.165, 1.54) is 19.3 Å². The summed E-state index contributed by atoms with van der Waals surface area (Å²) in [5.74, 6) is 0. The van der Waals surface area contributed by atoms with Gasteiger partial charge in [0.2, 0.25) is 0 Å². The van der Waals surface area contributed by atoms with Crippen molar-refractivity contribution in [2.24, 2.45) is 0 Å². The summed E-state index contributed by atoms with van der Waals surface area (Å²) in [6.07, 6.45) is 10.8. The van der Waals surface area contributed by atoms with Gasteiger partial charge in [0, 0.05) is 12.1 Å². The van der Waals surface area contributed by atoms with Crippen LogP contribution in [0.1, 0.15) is 51.4 Å². The summed E-state index contributed by atoms with van der Waals surface area (Å²) in [7, 11) is 0. The molecule has 0 radical (unpaired) electrons. The van der Waals surface area contributed by atoms with E-state index < -0.39 is 0 Å². The largest absolute Gasteiger partial charge is 0.390 e. The van der Waals surface area contributed by atoms with E-state index in [0.717, 1.165) is 32.1 Å². The highest BCUT2D eigenvalue weighted by Crippen LogP contribution is 2.36. The van der Waals surface area contributed by atoms with Gasteiger partial charge in [0.15, 0.2) is 0 Å². The Hall–Kier alpha value is -0.340. The molecule has 0 spiro atoms. The molecule has 2 rings (SSSR count). The van der Waals surface area contributed by atoms with Crippen molar-refractivity contribution in [3.05, 3.63) is 12.7 Å². The number of nitrogens with one attached hydrogen (secondary N) is 1. The molecule has 2 heteroatoms. The van der Waals surface area contributed by atoms with Crippen molar-refractivity contribution >= 4 is 0 Å². The molecule has 0 aliphatic carbocycles. The first-order chi connectivity index (χ1) is 7.22. The fourth-order valence-corrected chi connectivity index (χ4v) is 3.17. The van der Waals surface area contributed by atoms with E-state index >= 15 is 0 Å². The molecule has 2 bridgehead atoms. The summed E-state index contributed by atoms with van der Waals surface area (Å²) < 4.78 is 0. The monoisotopic (exact) mass is 209 g/mol. The highest BCUT2D eigenvalue weighted by Gasteiger charge is 2.41. The Morgan fingerprint density at radius 1 is 1.27 bits per heavy atom. The third kappa shape index (κ3) is 2.82. The fraction of sp³-hybridized carbons (Fsp3) is 0.846. The molecule has 2 nitrogen and oxygen atoms in total. The van der Waals surface area contributed by atoms with Crippen molar-refractivity contribution in [1.29, 1.82) is 0 Å². The quantitative estimate of drug-likeness (QED) is 0.538. The van der Waals surface area contributed by atoms with Gasteiger partial charge in [0.25, 0.3) is 0 Å². The van der Waals surface area contributed by atoms with Gasteiger partial charge in [-0.2, -0.15) is 0 Å². The average molecular weight is 209 g/mol. The lowest BCUT2D eigenvalue weighted by molar-refractivity contribution is -0.0157. The number of fused-ring (bicyclic) bond motifs is 2.